The van der Waals surface area contributed by atoms with Crippen LogP contribution in [0.5, 0.6) is 0 Å². The standard InChI is InChI=1S/C28H19N5O2/c1-16-13-18(27-32-23-8-4-6-10-25(23)35-27)11-12-21(16)30-15-20-17(2)28(34)33-24-9-5-3-7-22(24)31-26(33)19(20)14-29/h3-13,15,31H,1-2H3. The van der Waals surface area contributed by atoms with Gasteiger partial charge in [0.15, 0.2) is 5.58 Å². The molecular weight excluding hydrogens is 438 g/mol. The molecule has 7 nitrogen and oxygen atoms in total. The minimum atomic E-state index is -0.180. The maximum absolute atomic E-state index is 13.2. The van der Waals surface area contributed by atoms with E-state index in [-0.39, 0.29) is 5.56 Å². The molecule has 0 bridgehead atoms. The summed E-state index contributed by atoms with van der Waals surface area (Å²) in [7, 11) is 0. The SMILES string of the molecule is Cc1cc(-c2nc3ccccc3o2)ccc1N=Cc1c(C)c(=O)n2c([nH]c3ccccc32)c1C#N. The van der Waals surface area contributed by atoms with E-state index in [1.807, 2.05) is 73.7 Å². The zero-order chi connectivity index (χ0) is 24.1. The highest BCUT2D eigenvalue weighted by molar-refractivity contribution is 5.92. The van der Waals surface area contributed by atoms with Crippen LogP contribution in [0.1, 0.15) is 22.3 Å². The second-order valence-corrected chi connectivity index (χ2v) is 8.40. The molecule has 0 atom stereocenters. The molecule has 168 valence electrons. The summed E-state index contributed by atoms with van der Waals surface area (Å²) in [4.78, 5) is 25.6. The van der Waals surface area contributed by atoms with Gasteiger partial charge in [0.1, 0.15) is 22.8 Å². The number of benzene rings is 3. The first-order chi connectivity index (χ1) is 17.0. The number of oxazole rings is 1. The number of aryl methyl sites for hydroxylation is 1. The molecule has 0 aliphatic heterocycles. The Morgan fingerprint density at radius 1 is 1.09 bits per heavy atom. The van der Waals surface area contributed by atoms with Crippen molar-refractivity contribution in [2.45, 2.75) is 13.8 Å². The first-order valence-corrected chi connectivity index (χ1v) is 11.1. The van der Waals surface area contributed by atoms with E-state index in [0.717, 1.165) is 38.9 Å². The second kappa shape index (κ2) is 7.82. The number of rotatable bonds is 3. The number of imidazole rings is 1. The van der Waals surface area contributed by atoms with Crippen molar-refractivity contribution in [3.63, 3.8) is 0 Å². The molecule has 35 heavy (non-hydrogen) atoms. The summed E-state index contributed by atoms with van der Waals surface area (Å²) in [6.45, 7) is 3.68. The summed E-state index contributed by atoms with van der Waals surface area (Å²) < 4.78 is 7.43. The zero-order valence-corrected chi connectivity index (χ0v) is 19.0. The van der Waals surface area contributed by atoms with Gasteiger partial charge in [0.25, 0.3) is 5.56 Å². The molecular formula is C28H19N5O2. The van der Waals surface area contributed by atoms with Gasteiger partial charge in [-0.25, -0.2) is 4.98 Å². The van der Waals surface area contributed by atoms with Crippen molar-refractivity contribution in [2.75, 3.05) is 0 Å². The van der Waals surface area contributed by atoms with E-state index in [1.165, 1.54) is 0 Å². The zero-order valence-electron chi connectivity index (χ0n) is 19.0. The number of aromatic amines is 1. The summed E-state index contributed by atoms with van der Waals surface area (Å²) in [5.74, 6) is 0.546. The maximum Gasteiger partial charge on any atom is 0.260 e. The quantitative estimate of drug-likeness (QED) is 0.338. The number of para-hydroxylation sites is 4. The second-order valence-electron chi connectivity index (χ2n) is 8.40. The fraction of sp³-hybridized carbons (Fsp3) is 0.0714. The van der Waals surface area contributed by atoms with Gasteiger partial charge in [0, 0.05) is 22.9 Å². The molecule has 7 heteroatoms. The van der Waals surface area contributed by atoms with E-state index in [4.69, 9.17) is 4.42 Å². The van der Waals surface area contributed by atoms with Crippen LogP contribution >= 0.6 is 0 Å². The fourth-order valence-corrected chi connectivity index (χ4v) is 4.40. The fourth-order valence-electron chi connectivity index (χ4n) is 4.40. The summed E-state index contributed by atoms with van der Waals surface area (Å²) in [5.41, 5.74) is 7.20. The van der Waals surface area contributed by atoms with Crippen molar-refractivity contribution in [3.8, 4) is 17.5 Å². The number of nitriles is 1. The van der Waals surface area contributed by atoms with Crippen molar-refractivity contribution in [1.29, 1.82) is 5.26 Å². The van der Waals surface area contributed by atoms with Crippen LogP contribution in [0.15, 0.2) is 80.9 Å². The normalized spacial score (nSPS) is 11.7. The number of nitrogens with zero attached hydrogens (tertiary/aromatic N) is 4. The third-order valence-electron chi connectivity index (χ3n) is 6.24. The summed E-state index contributed by atoms with van der Waals surface area (Å²) in [6.07, 6.45) is 1.60. The first-order valence-electron chi connectivity index (χ1n) is 11.1. The Hall–Kier alpha value is -4.96. The monoisotopic (exact) mass is 457 g/mol. The van der Waals surface area contributed by atoms with E-state index >= 15 is 0 Å². The minimum Gasteiger partial charge on any atom is -0.436 e. The van der Waals surface area contributed by atoms with Gasteiger partial charge in [0.2, 0.25) is 5.89 Å². The molecule has 0 spiro atoms. The van der Waals surface area contributed by atoms with E-state index in [1.54, 1.807) is 17.5 Å². The molecule has 0 aliphatic carbocycles. The number of aliphatic imine (C=N–C) groups is 1. The average Bonchev–Trinajstić information content (AvgIpc) is 3.48. The lowest BCUT2D eigenvalue weighted by Gasteiger charge is -2.07. The number of fused-ring (bicyclic) bond motifs is 4. The molecule has 1 N–H and O–H groups in total. The Bertz CT molecular complexity index is 1880. The van der Waals surface area contributed by atoms with Gasteiger partial charge in [-0.05, 0) is 61.9 Å². The molecule has 6 rings (SSSR count). The molecule has 0 saturated carbocycles. The van der Waals surface area contributed by atoms with Crippen molar-refractivity contribution in [2.24, 2.45) is 4.99 Å². The van der Waals surface area contributed by atoms with Gasteiger partial charge >= 0.3 is 0 Å². The molecule has 0 aliphatic rings. The highest BCUT2D eigenvalue weighted by Crippen LogP contribution is 2.29. The number of hydrogen-bond donors (Lipinski definition) is 1. The van der Waals surface area contributed by atoms with Crippen LogP contribution in [0.25, 0.3) is 39.2 Å². The van der Waals surface area contributed by atoms with Crippen molar-refractivity contribution >= 4 is 39.7 Å². The van der Waals surface area contributed by atoms with Gasteiger partial charge in [-0.1, -0.05) is 24.3 Å². The first kappa shape index (κ1) is 20.6. The Labute approximate surface area is 199 Å². The molecule has 0 unspecified atom stereocenters. The van der Waals surface area contributed by atoms with E-state index in [0.29, 0.717) is 28.2 Å². The van der Waals surface area contributed by atoms with Crippen molar-refractivity contribution in [3.05, 3.63) is 99.3 Å². The van der Waals surface area contributed by atoms with Crippen LogP contribution in [0.3, 0.4) is 0 Å². The van der Waals surface area contributed by atoms with Crippen LogP contribution in [0, 0.1) is 25.2 Å². The number of nitrogens with one attached hydrogen (secondary N) is 1. The highest BCUT2D eigenvalue weighted by Gasteiger charge is 2.18. The summed E-state index contributed by atoms with van der Waals surface area (Å²) in [5, 5.41) is 9.97. The molecule has 6 aromatic rings. The van der Waals surface area contributed by atoms with Gasteiger partial charge in [-0.2, -0.15) is 5.26 Å². The number of H-pyrrole nitrogens is 1. The Balaban J connectivity index is 1.43. The van der Waals surface area contributed by atoms with Crippen LogP contribution in [-0.2, 0) is 0 Å². The third-order valence-corrected chi connectivity index (χ3v) is 6.24. The molecule has 3 aromatic carbocycles. The molecule has 0 radical (unpaired) electrons. The Morgan fingerprint density at radius 3 is 2.69 bits per heavy atom. The minimum absolute atomic E-state index is 0.180. The molecule has 0 saturated heterocycles. The van der Waals surface area contributed by atoms with Crippen LogP contribution < -0.4 is 5.56 Å². The largest absolute Gasteiger partial charge is 0.436 e. The lowest BCUT2D eigenvalue weighted by Crippen LogP contribution is -2.19. The predicted octanol–water partition coefficient (Wildman–Crippen LogP) is 5.83. The molecule has 0 fully saturated rings. The molecule has 0 amide bonds. The van der Waals surface area contributed by atoms with Crippen molar-refractivity contribution < 1.29 is 4.42 Å². The van der Waals surface area contributed by atoms with Crippen LogP contribution in [0.4, 0.5) is 5.69 Å². The van der Waals surface area contributed by atoms with E-state index in [2.05, 4.69) is 21.0 Å². The number of aromatic nitrogens is 3. The predicted molar refractivity (Wildman–Crippen MR) is 136 cm³/mol. The van der Waals surface area contributed by atoms with Crippen LogP contribution in [-0.4, -0.2) is 20.6 Å². The summed E-state index contributed by atoms with van der Waals surface area (Å²) >= 11 is 0. The Kier molecular flexibility index (Phi) is 4.61. The smallest absolute Gasteiger partial charge is 0.260 e. The van der Waals surface area contributed by atoms with Gasteiger partial charge in [0.05, 0.1) is 16.7 Å². The number of hydrogen-bond acceptors (Lipinski definition) is 5. The lowest BCUT2D eigenvalue weighted by molar-refractivity contribution is 0.620. The van der Waals surface area contributed by atoms with Crippen molar-refractivity contribution in [1.82, 2.24) is 14.4 Å². The van der Waals surface area contributed by atoms with Gasteiger partial charge < -0.3 is 9.40 Å². The van der Waals surface area contributed by atoms with E-state index < -0.39 is 0 Å². The highest BCUT2D eigenvalue weighted by atomic mass is 16.3. The Morgan fingerprint density at radius 2 is 1.89 bits per heavy atom. The average molecular weight is 457 g/mol. The van der Waals surface area contributed by atoms with Gasteiger partial charge in [-0.15, -0.1) is 0 Å². The van der Waals surface area contributed by atoms with Gasteiger partial charge in [-0.3, -0.25) is 14.2 Å². The molecule has 3 aromatic heterocycles. The maximum atomic E-state index is 13.2. The van der Waals surface area contributed by atoms with Crippen LogP contribution in [0.2, 0.25) is 0 Å². The third kappa shape index (κ3) is 3.23. The lowest BCUT2D eigenvalue weighted by atomic mass is 10.1. The summed E-state index contributed by atoms with van der Waals surface area (Å²) in [6, 6.07) is 23.1. The topological polar surface area (TPSA) is 99.4 Å². The molecule has 3 heterocycles. The van der Waals surface area contributed by atoms with E-state index in [9.17, 15) is 10.1 Å². The number of pyridine rings is 1.